The number of ether oxygens (including phenoxy) is 2. The molecule has 2 aromatic rings. The number of halogens is 2. The van der Waals surface area contributed by atoms with E-state index in [1.165, 1.54) is 0 Å². The van der Waals surface area contributed by atoms with Crippen molar-refractivity contribution in [1.82, 2.24) is 10.6 Å². The number of para-hydroxylation sites is 1. The minimum Gasteiger partial charge on any atom is -0.493 e. The number of rotatable bonds is 7. The number of benzene rings is 2. The second-order valence-electron chi connectivity index (χ2n) is 7.74. The molecule has 0 radical (unpaired) electrons. The predicted octanol–water partition coefficient (Wildman–Crippen LogP) is 5.41. The fraction of sp³-hybridized carbons (Fsp3) is 0.304. The highest BCUT2D eigenvalue weighted by Gasteiger charge is 2.32. The van der Waals surface area contributed by atoms with Gasteiger partial charge in [0.15, 0.2) is 11.5 Å². The summed E-state index contributed by atoms with van der Waals surface area (Å²) < 4.78 is 12.1. The summed E-state index contributed by atoms with van der Waals surface area (Å²) >= 11 is 9.74. The highest BCUT2D eigenvalue weighted by Crippen LogP contribution is 2.40. The van der Waals surface area contributed by atoms with Gasteiger partial charge in [0.1, 0.15) is 0 Å². The van der Waals surface area contributed by atoms with Crippen LogP contribution >= 0.6 is 27.5 Å². The lowest BCUT2D eigenvalue weighted by molar-refractivity contribution is -0.113. The second-order valence-corrected chi connectivity index (χ2v) is 9.00. The molecule has 1 atom stereocenters. The highest BCUT2D eigenvalue weighted by molar-refractivity contribution is 9.10. The molecule has 0 saturated heterocycles. The lowest BCUT2D eigenvalue weighted by Crippen LogP contribution is -2.46. The number of allylic oxidation sites excluding steroid dienone is 1. The first-order valence-electron chi connectivity index (χ1n) is 10.1. The van der Waals surface area contributed by atoms with Crippen LogP contribution in [0.25, 0.3) is 0 Å². The lowest BCUT2D eigenvalue weighted by atomic mass is 9.94. The number of carbonyl (C=O) groups excluding carboxylic acids is 2. The van der Waals surface area contributed by atoms with E-state index in [1.807, 2.05) is 6.07 Å². The Hall–Kier alpha value is -2.71. The molecule has 1 unspecified atom stereocenters. The van der Waals surface area contributed by atoms with Crippen molar-refractivity contribution in [2.24, 2.45) is 5.92 Å². The van der Waals surface area contributed by atoms with Crippen LogP contribution in [0.1, 0.15) is 32.4 Å². The van der Waals surface area contributed by atoms with E-state index in [4.69, 9.17) is 21.1 Å². The molecule has 3 amide bonds. The van der Waals surface area contributed by atoms with Crippen LogP contribution in [0.4, 0.5) is 10.5 Å². The number of hydrogen-bond donors (Lipinski definition) is 3. The molecule has 170 valence electrons. The molecule has 3 rings (SSSR count). The van der Waals surface area contributed by atoms with Crippen LogP contribution < -0.4 is 25.4 Å². The number of anilines is 1. The standard InChI is InChI=1S/C23H25BrClN3O4/c1-12(2)11-32-21-15(24)9-14(10-18(21)31-4)20-19(13(3)26-23(30)28-20)22(29)27-17-8-6-5-7-16(17)25/h5-10,12,20H,11H2,1-4H3,(H,27,29)(H2,26,28,30). The molecule has 7 nitrogen and oxygen atoms in total. The van der Waals surface area contributed by atoms with Gasteiger partial charge in [-0.1, -0.05) is 37.6 Å². The van der Waals surface area contributed by atoms with Crippen molar-refractivity contribution in [3.05, 3.63) is 62.7 Å². The van der Waals surface area contributed by atoms with Gasteiger partial charge in [0.05, 0.1) is 40.5 Å². The molecule has 1 aliphatic heterocycles. The van der Waals surface area contributed by atoms with Crippen molar-refractivity contribution in [3.8, 4) is 11.5 Å². The maximum atomic E-state index is 13.2. The Bertz CT molecular complexity index is 1070. The summed E-state index contributed by atoms with van der Waals surface area (Å²) in [5.41, 5.74) is 1.93. The van der Waals surface area contributed by atoms with Gasteiger partial charge < -0.3 is 25.4 Å². The fourth-order valence-corrected chi connectivity index (χ4v) is 4.05. The number of amides is 3. The van der Waals surface area contributed by atoms with Gasteiger partial charge in [-0.3, -0.25) is 4.79 Å². The van der Waals surface area contributed by atoms with Crippen molar-refractivity contribution < 1.29 is 19.1 Å². The van der Waals surface area contributed by atoms with E-state index in [2.05, 4.69) is 45.7 Å². The van der Waals surface area contributed by atoms with Crippen LogP contribution in [0.3, 0.4) is 0 Å². The monoisotopic (exact) mass is 521 g/mol. The molecule has 0 bridgehead atoms. The maximum absolute atomic E-state index is 13.2. The third kappa shape index (κ3) is 5.37. The summed E-state index contributed by atoms with van der Waals surface area (Å²) in [7, 11) is 1.54. The molecule has 1 heterocycles. The van der Waals surface area contributed by atoms with Crippen LogP contribution in [0.2, 0.25) is 5.02 Å². The zero-order chi connectivity index (χ0) is 23.4. The summed E-state index contributed by atoms with van der Waals surface area (Å²) in [6, 6.07) is 9.40. The van der Waals surface area contributed by atoms with Gasteiger partial charge in [0.25, 0.3) is 5.91 Å². The van der Waals surface area contributed by atoms with Crippen molar-refractivity contribution in [1.29, 1.82) is 0 Å². The topological polar surface area (TPSA) is 88.7 Å². The van der Waals surface area contributed by atoms with E-state index >= 15 is 0 Å². The van der Waals surface area contributed by atoms with Gasteiger partial charge in [-0.15, -0.1) is 0 Å². The Morgan fingerprint density at radius 3 is 2.66 bits per heavy atom. The van der Waals surface area contributed by atoms with Crippen LogP contribution in [0.15, 0.2) is 52.1 Å². The van der Waals surface area contributed by atoms with E-state index in [0.717, 1.165) is 0 Å². The number of urea groups is 1. The van der Waals surface area contributed by atoms with Crippen LogP contribution in [0, 0.1) is 5.92 Å². The third-order valence-corrected chi connectivity index (χ3v) is 5.70. The van der Waals surface area contributed by atoms with Gasteiger partial charge in [-0.2, -0.15) is 0 Å². The summed E-state index contributed by atoms with van der Waals surface area (Å²) in [5, 5.41) is 8.73. The van der Waals surface area contributed by atoms with Gasteiger partial charge in [-0.05, 0) is 58.6 Å². The normalized spacial score (nSPS) is 15.8. The van der Waals surface area contributed by atoms with Crippen molar-refractivity contribution in [3.63, 3.8) is 0 Å². The molecule has 3 N–H and O–H groups in total. The Kier molecular flexibility index (Phi) is 7.69. The smallest absolute Gasteiger partial charge is 0.319 e. The number of nitrogens with one attached hydrogen (secondary N) is 3. The van der Waals surface area contributed by atoms with Gasteiger partial charge in [0, 0.05) is 5.70 Å². The maximum Gasteiger partial charge on any atom is 0.319 e. The molecule has 9 heteroatoms. The minimum atomic E-state index is -0.712. The highest BCUT2D eigenvalue weighted by atomic mass is 79.9. The Morgan fingerprint density at radius 1 is 1.28 bits per heavy atom. The van der Waals surface area contributed by atoms with Crippen LogP contribution in [0.5, 0.6) is 11.5 Å². The van der Waals surface area contributed by atoms with Crippen molar-refractivity contribution >= 4 is 45.2 Å². The molecule has 2 aromatic carbocycles. The van der Waals surface area contributed by atoms with Gasteiger partial charge in [0.2, 0.25) is 0 Å². The van der Waals surface area contributed by atoms with Crippen LogP contribution in [-0.2, 0) is 4.79 Å². The van der Waals surface area contributed by atoms with Crippen molar-refractivity contribution in [2.45, 2.75) is 26.8 Å². The quantitative estimate of drug-likeness (QED) is 0.453. The third-order valence-electron chi connectivity index (χ3n) is 4.78. The van der Waals surface area contributed by atoms with E-state index in [0.29, 0.717) is 56.0 Å². The molecule has 0 spiro atoms. The molecule has 0 fully saturated rings. The first kappa shape index (κ1) is 23.9. The zero-order valence-corrected chi connectivity index (χ0v) is 20.6. The minimum absolute atomic E-state index is 0.334. The van der Waals surface area contributed by atoms with E-state index in [1.54, 1.807) is 44.4 Å². The Labute approximate surface area is 200 Å². The van der Waals surface area contributed by atoms with Crippen LogP contribution in [-0.4, -0.2) is 25.7 Å². The molecule has 0 aliphatic carbocycles. The van der Waals surface area contributed by atoms with Gasteiger partial charge in [-0.25, -0.2) is 4.79 Å². The average molecular weight is 523 g/mol. The zero-order valence-electron chi connectivity index (χ0n) is 18.2. The summed E-state index contributed by atoms with van der Waals surface area (Å²) in [5.74, 6) is 1.00. The first-order valence-corrected chi connectivity index (χ1v) is 11.2. The number of hydrogen-bond acceptors (Lipinski definition) is 4. The summed E-state index contributed by atoms with van der Waals surface area (Å²) in [4.78, 5) is 25.5. The van der Waals surface area contributed by atoms with E-state index in [-0.39, 0.29) is 5.91 Å². The van der Waals surface area contributed by atoms with Crippen molar-refractivity contribution in [2.75, 3.05) is 19.0 Å². The Morgan fingerprint density at radius 2 is 2.00 bits per heavy atom. The molecular weight excluding hydrogens is 498 g/mol. The first-order chi connectivity index (χ1) is 15.2. The predicted molar refractivity (Wildman–Crippen MR) is 128 cm³/mol. The Balaban J connectivity index is 1.99. The summed E-state index contributed by atoms with van der Waals surface area (Å²) in [6.45, 7) is 6.30. The second kappa shape index (κ2) is 10.3. The molecule has 0 saturated carbocycles. The fourth-order valence-electron chi connectivity index (χ4n) is 3.29. The average Bonchev–Trinajstić information content (AvgIpc) is 2.73. The van der Waals surface area contributed by atoms with E-state index < -0.39 is 12.1 Å². The lowest BCUT2D eigenvalue weighted by Gasteiger charge is -2.29. The number of carbonyl (C=O) groups is 2. The largest absolute Gasteiger partial charge is 0.493 e. The summed E-state index contributed by atoms with van der Waals surface area (Å²) in [6.07, 6.45) is 0. The van der Waals surface area contributed by atoms with E-state index in [9.17, 15) is 9.59 Å². The SMILES string of the molecule is COc1cc(C2NC(=O)NC(C)=C2C(=O)Nc2ccccc2Cl)cc(Br)c1OCC(C)C. The number of methoxy groups -OCH3 is 1. The molecule has 1 aliphatic rings. The van der Waals surface area contributed by atoms with Gasteiger partial charge >= 0.3 is 6.03 Å². The molecular formula is C23H25BrClN3O4. The molecule has 32 heavy (non-hydrogen) atoms. The molecule has 0 aromatic heterocycles.